The molecule has 88 valence electrons. The van der Waals surface area contributed by atoms with Crippen LogP contribution in [0.5, 0.6) is 0 Å². The molecule has 2 aromatic rings. The van der Waals surface area contributed by atoms with E-state index in [0.717, 1.165) is 28.2 Å². The van der Waals surface area contributed by atoms with Crippen LogP contribution in [0, 0.1) is 13.8 Å². The molecule has 1 aromatic heterocycles. The lowest BCUT2D eigenvalue weighted by atomic mass is 10.2. The highest BCUT2D eigenvalue weighted by Gasteiger charge is 1.99. The molecule has 0 radical (unpaired) electrons. The number of benzene rings is 1. The van der Waals surface area contributed by atoms with E-state index in [-0.39, 0.29) is 0 Å². The summed E-state index contributed by atoms with van der Waals surface area (Å²) in [6.07, 6.45) is 1.77. The highest BCUT2D eigenvalue weighted by atomic mass is 79.9. The van der Waals surface area contributed by atoms with E-state index < -0.39 is 0 Å². The Morgan fingerprint density at radius 2 is 1.82 bits per heavy atom. The first-order valence-corrected chi connectivity index (χ1v) is 6.23. The summed E-state index contributed by atoms with van der Waals surface area (Å²) in [5, 5.41) is 3.26. The Labute approximate surface area is 109 Å². The maximum Gasteiger partial charge on any atom is 0.145 e. The van der Waals surface area contributed by atoms with Crippen LogP contribution >= 0.6 is 15.9 Å². The van der Waals surface area contributed by atoms with Crippen LogP contribution in [0.4, 0.5) is 5.82 Å². The predicted molar refractivity (Wildman–Crippen MR) is 73.0 cm³/mol. The number of nitrogens with zero attached hydrogens (tertiary/aromatic N) is 2. The molecule has 0 atom stereocenters. The van der Waals surface area contributed by atoms with Crippen molar-refractivity contribution in [1.29, 1.82) is 0 Å². The van der Waals surface area contributed by atoms with Crippen molar-refractivity contribution < 1.29 is 0 Å². The van der Waals surface area contributed by atoms with Gasteiger partial charge in [-0.3, -0.25) is 4.98 Å². The number of anilines is 1. The molecule has 1 aromatic carbocycles. The largest absolute Gasteiger partial charge is 0.365 e. The van der Waals surface area contributed by atoms with Gasteiger partial charge in [-0.25, -0.2) is 4.98 Å². The first-order valence-electron chi connectivity index (χ1n) is 5.44. The molecule has 0 aliphatic carbocycles. The molecular formula is C13H14BrN3. The van der Waals surface area contributed by atoms with Crippen molar-refractivity contribution in [1.82, 2.24) is 9.97 Å². The van der Waals surface area contributed by atoms with E-state index in [9.17, 15) is 0 Å². The zero-order valence-corrected chi connectivity index (χ0v) is 11.5. The lowest BCUT2D eigenvalue weighted by Crippen LogP contribution is -2.03. The minimum Gasteiger partial charge on any atom is -0.365 e. The average molecular weight is 292 g/mol. The molecule has 1 heterocycles. The minimum atomic E-state index is 0.754. The molecule has 3 nitrogen and oxygen atoms in total. The Balaban J connectivity index is 2.02. The number of nitrogens with one attached hydrogen (secondary N) is 1. The van der Waals surface area contributed by atoms with Crippen LogP contribution < -0.4 is 5.32 Å². The van der Waals surface area contributed by atoms with Crippen molar-refractivity contribution in [2.45, 2.75) is 20.4 Å². The number of hydrogen-bond donors (Lipinski definition) is 1. The number of halogens is 1. The fourth-order valence-corrected chi connectivity index (χ4v) is 1.69. The second-order valence-corrected chi connectivity index (χ2v) is 4.82. The van der Waals surface area contributed by atoms with Gasteiger partial charge in [-0.1, -0.05) is 28.1 Å². The normalized spacial score (nSPS) is 10.3. The van der Waals surface area contributed by atoms with Gasteiger partial charge in [0.05, 0.1) is 17.6 Å². The third kappa shape index (κ3) is 3.27. The summed E-state index contributed by atoms with van der Waals surface area (Å²) in [7, 11) is 0. The van der Waals surface area contributed by atoms with Crippen molar-refractivity contribution >= 4 is 21.7 Å². The summed E-state index contributed by atoms with van der Waals surface area (Å²) >= 11 is 3.42. The highest BCUT2D eigenvalue weighted by molar-refractivity contribution is 9.10. The summed E-state index contributed by atoms with van der Waals surface area (Å²) in [6, 6.07) is 8.21. The fourth-order valence-electron chi connectivity index (χ4n) is 1.42. The number of rotatable bonds is 3. The van der Waals surface area contributed by atoms with E-state index in [1.165, 1.54) is 5.56 Å². The highest BCUT2D eigenvalue weighted by Crippen LogP contribution is 2.12. The smallest absolute Gasteiger partial charge is 0.145 e. The molecule has 0 aliphatic heterocycles. The van der Waals surface area contributed by atoms with Gasteiger partial charge in [-0.05, 0) is 31.5 Å². The Morgan fingerprint density at radius 1 is 1.12 bits per heavy atom. The number of hydrogen-bond acceptors (Lipinski definition) is 3. The summed E-state index contributed by atoms with van der Waals surface area (Å²) in [4.78, 5) is 8.70. The Kier molecular flexibility index (Phi) is 3.74. The van der Waals surface area contributed by atoms with Crippen LogP contribution in [0.25, 0.3) is 0 Å². The van der Waals surface area contributed by atoms with Crippen LogP contribution in [-0.2, 0) is 6.54 Å². The van der Waals surface area contributed by atoms with Crippen LogP contribution in [0.15, 0.2) is 34.9 Å². The van der Waals surface area contributed by atoms with Gasteiger partial charge in [0.1, 0.15) is 5.82 Å². The third-order valence-corrected chi connectivity index (χ3v) is 3.11. The molecule has 1 N–H and O–H groups in total. The zero-order chi connectivity index (χ0) is 12.3. The van der Waals surface area contributed by atoms with Gasteiger partial charge in [0.15, 0.2) is 0 Å². The first-order chi connectivity index (χ1) is 8.15. The number of aromatic nitrogens is 2. The van der Waals surface area contributed by atoms with Crippen LogP contribution in [0.3, 0.4) is 0 Å². The molecule has 0 amide bonds. The van der Waals surface area contributed by atoms with Crippen molar-refractivity contribution in [3.05, 3.63) is 51.9 Å². The van der Waals surface area contributed by atoms with Gasteiger partial charge in [0, 0.05) is 11.0 Å². The van der Waals surface area contributed by atoms with Crippen LogP contribution in [0.1, 0.15) is 17.0 Å². The molecule has 4 heteroatoms. The van der Waals surface area contributed by atoms with E-state index in [0.29, 0.717) is 0 Å². The maximum absolute atomic E-state index is 4.42. The summed E-state index contributed by atoms with van der Waals surface area (Å²) in [5.41, 5.74) is 3.15. The van der Waals surface area contributed by atoms with E-state index in [2.05, 4.69) is 43.3 Å². The zero-order valence-electron chi connectivity index (χ0n) is 9.87. The van der Waals surface area contributed by atoms with Crippen LogP contribution in [-0.4, -0.2) is 9.97 Å². The van der Waals surface area contributed by atoms with E-state index in [1.807, 2.05) is 26.0 Å². The molecule has 2 rings (SSSR count). The molecule has 0 spiro atoms. The Morgan fingerprint density at radius 3 is 2.47 bits per heavy atom. The summed E-state index contributed by atoms with van der Waals surface area (Å²) in [5.74, 6) is 0.816. The van der Waals surface area contributed by atoms with E-state index in [4.69, 9.17) is 0 Å². The quantitative estimate of drug-likeness (QED) is 0.941. The van der Waals surface area contributed by atoms with Gasteiger partial charge in [0.25, 0.3) is 0 Å². The maximum atomic E-state index is 4.42. The second-order valence-electron chi connectivity index (χ2n) is 3.91. The van der Waals surface area contributed by atoms with Gasteiger partial charge in [-0.2, -0.15) is 0 Å². The number of aryl methyl sites for hydroxylation is 2. The van der Waals surface area contributed by atoms with Crippen molar-refractivity contribution in [2.75, 3.05) is 5.32 Å². The predicted octanol–water partition coefficient (Wildman–Crippen LogP) is 3.47. The lowest BCUT2D eigenvalue weighted by Gasteiger charge is -2.07. The van der Waals surface area contributed by atoms with Crippen LogP contribution in [0.2, 0.25) is 0 Å². The van der Waals surface area contributed by atoms with Gasteiger partial charge in [0.2, 0.25) is 0 Å². The molecule has 0 aliphatic rings. The first kappa shape index (κ1) is 12.0. The fraction of sp³-hybridized carbons (Fsp3) is 0.231. The summed E-state index contributed by atoms with van der Waals surface area (Å²) in [6.45, 7) is 4.68. The molecule has 0 saturated carbocycles. The second kappa shape index (κ2) is 5.27. The molecule has 17 heavy (non-hydrogen) atoms. The molecule has 0 fully saturated rings. The van der Waals surface area contributed by atoms with Crippen molar-refractivity contribution in [3.63, 3.8) is 0 Å². The Bertz CT molecular complexity index is 509. The molecule has 0 unspecified atom stereocenters. The van der Waals surface area contributed by atoms with E-state index in [1.54, 1.807) is 6.20 Å². The van der Waals surface area contributed by atoms with Gasteiger partial charge < -0.3 is 5.32 Å². The topological polar surface area (TPSA) is 37.8 Å². The van der Waals surface area contributed by atoms with E-state index >= 15 is 0 Å². The van der Waals surface area contributed by atoms with Crippen molar-refractivity contribution in [3.8, 4) is 0 Å². The lowest BCUT2D eigenvalue weighted by molar-refractivity contribution is 1.02. The van der Waals surface area contributed by atoms with Gasteiger partial charge in [-0.15, -0.1) is 0 Å². The average Bonchev–Trinajstić information content (AvgIpc) is 2.33. The Hall–Kier alpha value is -1.42. The molecule has 0 saturated heterocycles. The molecule has 0 bridgehead atoms. The minimum absolute atomic E-state index is 0.754. The monoisotopic (exact) mass is 291 g/mol. The molecular weight excluding hydrogens is 278 g/mol. The van der Waals surface area contributed by atoms with Crippen molar-refractivity contribution in [2.24, 2.45) is 0 Å². The third-order valence-electron chi connectivity index (χ3n) is 2.58. The van der Waals surface area contributed by atoms with Gasteiger partial charge >= 0.3 is 0 Å². The summed E-state index contributed by atoms with van der Waals surface area (Å²) < 4.78 is 1.09. The standard InChI is InChI=1S/C13H14BrN3/c1-9-10(2)17-13(8-15-9)16-7-11-3-5-12(14)6-4-11/h3-6,8H,7H2,1-2H3,(H,16,17). The SMILES string of the molecule is Cc1ncc(NCc2ccc(Br)cc2)nc1C.